The number of unbranched alkanes of at least 4 members (excludes halogenated alkanes) is 19. The highest BCUT2D eigenvalue weighted by atomic mass is 16.5. The first kappa shape index (κ1) is 59.0. The number of piperidine rings is 2. The number of carbonyl (C=O) groups is 2. The average Bonchev–Trinajstić information content (AvgIpc) is 3.25. The molecule has 2 fully saturated rings. The molecular formula is C58H112N2O4. The summed E-state index contributed by atoms with van der Waals surface area (Å²) >= 11 is 0. The molecule has 378 valence electrons. The van der Waals surface area contributed by atoms with E-state index in [0.717, 1.165) is 51.4 Å². The average molecular weight is 902 g/mol. The van der Waals surface area contributed by atoms with Crippen LogP contribution in [0.5, 0.6) is 0 Å². The Morgan fingerprint density at radius 1 is 0.328 bits per heavy atom. The fourth-order valence-corrected chi connectivity index (χ4v) is 12.3. The standard InChI is InChI=1S/C58H112N2O4/c1-9-17-29-39-55(40-30-18-10-2)47-51(48-56(59-55,41-31-19-11-3)42-32-20-12-4)63-53(61)37-27-25-26-28-38-54(62)64-52-49-57(43-33-21-13-5,44-34-22-14-6)60-58(50-52,45-35-23-15-7)46-36-24-16-8/h51-52,59-60H,9-50H2,1-8H3. The van der Waals surface area contributed by atoms with Gasteiger partial charge in [-0.3, -0.25) is 9.59 Å². The molecule has 0 amide bonds. The highest BCUT2D eigenvalue weighted by Crippen LogP contribution is 2.44. The number of rotatable bonds is 41. The van der Waals surface area contributed by atoms with Gasteiger partial charge in [-0.15, -0.1) is 0 Å². The molecule has 6 heteroatoms. The molecule has 0 aliphatic carbocycles. The Morgan fingerprint density at radius 2 is 0.531 bits per heavy atom. The second-order valence-corrected chi connectivity index (χ2v) is 22.0. The Morgan fingerprint density at radius 3 is 0.719 bits per heavy atom. The summed E-state index contributed by atoms with van der Waals surface area (Å²) < 4.78 is 13.1. The van der Waals surface area contributed by atoms with Crippen LogP contribution in [0.1, 0.15) is 325 Å². The van der Waals surface area contributed by atoms with Crippen LogP contribution in [0.25, 0.3) is 0 Å². The van der Waals surface area contributed by atoms with Crippen molar-refractivity contribution in [3.05, 3.63) is 0 Å². The lowest BCUT2D eigenvalue weighted by Gasteiger charge is -2.53. The van der Waals surface area contributed by atoms with E-state index >= 15 is 0 Å². The molecule has 2 saturated heterocycles. The first-order chi connectivity index (χ1) is 31.1. The summed E-state index contributed by atoms with van der Waals surface area (Å²) in [5.41, 5.74) is 0.246. The summed E-state index contributed by atoms with van der Waals surface area (Å²) in [4.78, 5) is 27.3. The highest BCUT2D eigenvalue weighted by Gasteiger charge is 2.49. The zero-order chi connectivity index (χ0) is 46.8. The lowest BCUT2D eigenvalue weighted by Crippen LogP contribution is -2.65. The summed E-state index contributed by atoms with van der Waals surface area (Å²) in [7, 11) is 0. The summed E-state index contributed by atoms with van der Waals surface area (Å²) in [6.07, 6.45) is 48.0. The lowest BCUT2D eigenvalue weighted by atomic mass is 9.69. The van der Waals surface area contributed by atoms with Crippen LogP contribution in [-0.4, -0.2) is 46.3 Å². The van der Waals surface area contributed by atoms with Gasteiger partial charge in [-0.05, 0) is 64.2 Å². The second kappa shape index (κ2) is 35.0. The molecule has 0 spiro atoms. The zero-order valence-electron chi connectivity index (χ0n) is 44.5. The molecule has 0 radical (unpaired) electrons. The lowest BCUT2D eigenvalue weighted by molar-refractivity contribution is -0.156. The highest BCUT2D eigenvalue weighted by molar-refractivity contribution is 5.70. The molecular weight excluding hydrogens is 789 g/mol. The largest absolute Gasteiger partial charge is 0.462 e. The summed E-state index contributed by atoms with van der Waals surface area (Å²) in [6, 6.07) is 0. The third kappa shape index (κ3) is 23.7. The fraction of sp³-hybridized carbons (Fsp3) is 0.966. The minimum Gasteiger partial charge on any atom is -0.462 e. The van der Waals surface area contributed by atoms with Crippen LogP contribution in [0, 0.1) is 0 Å². The molecule has 0 saturated carbocycles. The Hall–Kier alpha value is -1.14. The van der Waals surface area contributed by atoms with E-state index in [9.17, 15) is 9.59 Å². The van der Waals surface area contributed by atoms with Crippen molar-refractivity contribution in [3.8, 4) is 0 Å². The van der Waals surface area contributed by atoms with Crippen molar-refractivity contribution in [2.24, 2.45) is 0 Å². The molecule has 6 nitrogen and oxygen atoms in total. The van der Waals surface area contributed by atoms with E-state index < -0.39 is 0 Å². The minimum absolute atomic E-state index is 0.000866. The third-order valence-electron chi connectivity index (χ3n) is 15.7. The van der Waals surface area contributed by atoms with E-state index in [1.807, 2.05) is 0 Å². The maximum atomic E-state index is 13.7. The number of nitrogens with one attached hydrogen (secondary N) is 2. The topological polar surface area (TPSA) is 76.7 Å². The molecule has 2 N–H and O–H groups in total. The van der Waals surface area contributed by atoms with Gasteiger partial charge in [-0.25, -0.2) is 0 Å². The molecule has 2 aliphatic rings. The van der Waals surface area contributed by atoms with Gasteiger partial charge in [-0.1, -0.05) is 222 Å². The van der Waals surface area contributed by atoms with Crippen LogP contribution in [0.4, 0.5) is 0 Å². The Balaban J connectivity index is 2.08. The predicted octanol–water partition coefficient (Wildman–Crippen LogP) is 17.5. The molecule has 0 atom stereocenters. The Kier molecular flexibility index (Phi) is 32.3. The van der Waals surface area contributed by atoms with Crippen LogP contribution >= 0.6 is 0 Å². The van der Waals surface area contributed by atoms with Gasteiger partial charge < -0.3 is 20.1 Å². The second-order valence-electron chi connectivity index (χ2n) is 22.0. The summed E-state index contributed by atoms with van der Waals surface area (Å²) in [5, 5.41) is 8.87. The van der Waals surface area contributed by atoms with Gasteiger partial charge in [0.15, 0.2) is 0 Å². The smallest absolute Gasteiger partial charge is 0.306 e. The molecule has 2 heterocycles. The Bertz CT molecular complexity index is 963. The van der Waals surface area contributed by atoms with Crippen LogP contribution in [-0.2, 0) is 19.1 Å². The molecule has 0 aromatic carbocycles. The van der Waals surface area contributed by atoms with Crippen molar-refractivity contribution in [1.82, 2.24) is 10.6 Å². The first-order valence-electron chi connectivity index (χ1n) is 29.0. The van der Waals surface area contributed by atoms with Gasteiger partial charge in [0.1, 0.15) is 12.2 Å². The van der Waals surface area contributed by atoms with Gasteiger partial charge in [0.25, 0.3) is 0 Å². The monoisotopic (exact) mass is 901 g/mol. The van der Waals surface area contributed by atoms with Gasteiger partial charge in [0.05, 0.1) is 0 Å². The van der Waals surface area contributed by atoms with Gasteiger partial charge >= 0.3 is 11.9 Å². The van der Waals surface area contributed by atoms with E-state index in [2.05, 4.69) is 66.0 Å². The van der Waals surface area contributed by atoms with Crippen molar-refractivity contribution < 1.29 is 19.1 Å². The fourth-order valence-electron chi connectivity index (χ4n) is 12.3. The first-order valence-corrected chi connectivity index (χ1v) is 29.0. The van der Waals surface area contributed by atoms with Crippen LogP contribution < -0.4 is 10.6 Å². The SMILES string of the molecule is CCCCCC1(CCCCC)CC(OC(=O)CCCCCCC(=O)OC2CC(CCCCC)(CCCCC)NC(CCCCC)(CCCCC)C2)CC(CCCCC)(CCCCC)N1. The zero-order valence-corrected chi connectivity index (χ0v) is 44.5. The number of carbonyl (C=O) groups excluding carboxylic acids is 2. The molecule has 64 heavy (non-hydrogen) atoms. The molecule has 2 aliphatic heterocycles. The van der Waals surface area contributed by atoms with Crippen molar-refractivity contribution >= 4 is 11.9 Å². The number of hydrogen-bond donors (Lipinski definition) is 2. The predicted molar refractivity (Wildman–Crippen MR) is 276 cm³/mol. The van der Waals surface area contributed by atoms with Crippen molar-refractivity contribution in [2.45, 2.75) is 359 Å². The summed E-state index contributed by atoms with van der Waals surface area (Å²) in [5.74, 6) is -0.0149. The Labute approximate surface area is 399 Å². The van der Waals surface area contributed by atoms with E-state index in [4.69, 9.17) is 9.47 Å². The van der Waals surface area contributed by atoms with E-state index in [1.165, 1.54) is 205 Å². The number of ether oxygens (including phenoxy) is 2. The molecule has 0 aromatic heterocycles. The molecule has 0 aromatic rings. The van der Waals surface area contributed by atoms with Gasteiger partial charge in [-0.2, -0.15) is 0 Å². The maximum Gasteiger partial charge on any atom is 0.306 e. The number of esters is 2. The molecule has 0 bridgehead atoms. The minimum atomic E-state index is -0.00744. The molecule has 0 unspecified atom stereocenters. The summed E-state index contributed by atoms with van der Waals surface area (Å²) in [6.45, 7) is 18.5. The van der Waals surface area contributed by atoms with Gasteiger partial charge in [0, 0.05) is 60.7 Å². The van der Waals surface area contributed by atoms with E-state index in [-0.39, 0.29) is 46.3 Å². The van der Waals surface area contributed by atoms with E-state index in [1.54, 1.807) is 0 Å². The van der Waals surface area contributed by atoms with Crippen molar-refractivity contribution in [1.29, 1.82) is 0 Å². The van der Waals surface area contributed by atoms with Crippen molar-refractivity contribution in [2.75, 3.05) is 0 Å². The third-order valence-corrected chi connectivity index (χ3v) is 15.7. The van der Waals surface area contributed by atoms with E-state index in [0.29, 0.717) is 12.8 Å². The molecule has 2 rings (SSSR count). The normalized spacial score (nSPS) is 18.3. The van der Waals surface area contributed by atoms with Gasteiger partial charge in [0.2, 0.25) is 0 Å². The quantitative estimate of drug-likeness (QED) is 0.0470. The van der Waals surface area contributed by atoms with Crippen molar-refractivity contribution in [3.63, 3.8) is 0 Å². The number of hydrogen-bond acceptors (Lipinski definition) is 6. The van der Waals surface area contributed by atoms with Crippen LogP contribution in [0.15, 0.2) is 0 Å². The maximum absolute atomic E-state index is 13.7. The van der Waals surface area contributed by atoms with Crippen LogP contribution in [0.2, 0.25) is 0 Å². The van der Waals surface area contributed by atoms with Crippen LogP contribution in [0.3, 0.4) is 0 Å².